The summed E-state index contributed by atoms with van der Waals surface area (Å²) < 4.78 is 1.83. The van der Waals surface area contributed by atoms with E-state index in [0.717, 1.165) is 12.8 Å². The number of rotatable bonds is 4. The number of hydrogen-bond acceptors (Lipinski definition) is 2. The summed E-state index contributed by atoms with van der Waals surface area (Å²) in [5.74, 6) is -0.999. The number of aliphatic carboxylic acids is 1. The summed E-state index contributed by atoms with van der Waals surface area (Å²) in [5.41, 5.74) is 0.530. The molecule has 1 fully saturated rings. The van der Waals surface area contributed by atoms with Gasteiger partial charge in [0.25, 0.3) is 5.91 Å². The van der Waals surface area contributed by atoms with Gasteiger partial charge in [0.2, 0.25) is 0 Å². The van der Waals surface area contributed by atoms with E-state index in [9.17, 15) is 9.59 Å². The fourth-order valence-corrected chi connectivity index (χ4v) is 2.92. The van der Waals surface area contributed by atoms with Gasteiger partial charge in [-0.3, -0.25) is 9.59 Å². The van der Waals surface area contributed by atoms with Crippen LogP contribution in [0.3, 0.4) is 0 Å². The summed E-state index contributed by atoms with van der Waals surface area (Å²) >= 11 is 6.00. The summed E-state index contributed by atoms with van der Waals surface area (Å²) in [4.78, 5) is 25.2. The highest BCUT2D eigenvalue weighted by molar-refractivity contribution is 6.31. The topological polar surface area (TPSA) is 62.5 Å². The van der Waals surface area contributed by atoms with Crippen LogP contribution in [0.15, 0.2) is 12.3 Å². The van der Waals surface area contributed by atoms with E-state index in [1.807, 2.05) is 18.4 Å². The molecule has 0 saturated carbocycles. The predicted molar refractivity (Wildman–Crippen MR) is 76.1 cm³/mol. The van der Waals surface area contributed by atoms with Crippen molar-refractivity contribution in [3.63, 3.8) is 0 Å². The molecule has 1 aliphatic heterocycles. The Hall–Kier alpha value is -1.49. The van der Waals surface area contributed by atoms with Gasteiger partial charge in [-0.2, -0.15) is 0 Å². The Balaban J connectivity index is 2.24. The Morgan fingerprint density at radius 2 is 2.20 bits per heavy atom. The zero-order valence-electron chi connectivity index (χ0n) is 11.7. The summed E-state index contributed by atoms with van der Waals surface area (Å²) in [7, 11) is 0. The lowest BCUT2D eigenvalue weighted by Gasteiger charge is -2.24. The van der Waals surface area contributed by atoms with E-state index in [1.54, 1.807) is 17.2 Å². The summed E-state index contributed by atoms with van der Waals surface area (Å²) in [6, 6.07) is 1.57. The number of amides is 1. The number of aromatic nitrogens is 1. The molecule has 1 atom stereocenters. The van der Waals surface area contributed by atoms with Crippen molar-refractivity contribution in [2.24, 2.45) is 0 Å². The Morgan fingerprint density at radius 1 is 1.50 bits per heavy atom. The molecule has 110 valence electrons. The van der Waals surface area contributed by atoms with E-state index < -0.39 is 5.97 Å². The number of carbonyl (C=O) groups excluding carboxylic acids is 1. The number of carboxylic acids is 1. The first-order valence-electron chi connectivity index (χ1n) is 6.80. The van der Waals surface area contributed by atoms with Gasteiger partial charge in [0, 0.05) is 24.8 Å². The highest BCUT2D eigenvalue weighted by Crippen LogP contribution is 2.26. The Bertz CT molecular complexity index is 524. The number of hydrogen-bond donors (Lipinski definition) is 1. The second kappa shape index (κ2) is 5.87. The number of likely N-dealkylation sites (tertiary alicyclic amines) is 1. The number of halogens is 1. The average molecular weight is 299 g/mol. The van der Waals surface area contributed by atoms with E-state index in [-0.39, 0.29) is 24.4 Å². The summed E-state index contributed by atoms with van der Waals surface area (Å²) in [6.07, 6.45) is 3.33. The van der Waals surface area contributed by atoms with Crippen LogP contribution in [0.4, 0.5) is 0 Å². The molecule has 0 radical (unpaired) electrons. The van der Waals surface area contributed by atoms with Gasteiger partial charge in [0.15, 0.2) is 0 Å². The highest BCUT2D eigenvalue weighted by atomic mass is 35.5. The van der Waals surface area contributed by atoms with Crippen LogP contribution in [0.5, 0.6) is 0 Å². The fraction of sp³-hybridized carbons (Fsp3) is 0.571. The zero-order valence-corrected chi connectivity index (χ0v) is 12.4. The van der Waals surface area contributed by atoms with Crippen LogP contribution >= 0.6 is 11.6 Å². The second-order valence-corrected chi connectivity index (χ2v) is 5.87. The molecular weight excluding hydrogens is 280 g/mol. The van der Waals surface area contributed by atoms with Crippen LogP contribution in [-0.4, -0.2) is 39.0 Å². The van der Waals surface area contributed by atoms with Crippen LogP contribution in [0.2, 0.25) is 5.02 Å². The van der Waals surface area contributed by atoms with Gasteiger partial charge in [0.1, 0.15) is 5.69 Å². The average Bonchev–Trinajstić information content (AvgIpc) is 2.94. The van der Waals surface area contributed by atoms with E-state index >= 15 is 0 Å². The van der Waals surface area contributed by atoms with E-state index in [2.05, 4.69) is 0 Å². The van der Waals surface area contributed by atoms with Crippen molar-refractivity contribution < 1.29 is 14.7 Å². The lowest BCUT2D eigenvalue weighted by Crippen LogP contribution is -2.38. The molecule has 1 saturated heterocycles. The lowest BCUT2D eigenvalue weighted by atomic mass is 10.1. The number of carboxylic acid groups (broad SMARTS) is 1. The molecule has 1 amide bonds. The molecule has 2 heterocycles. The van der Waals surface area contributed by atoms with Gasteiger partial charge in [-0.25, -0.2) is 0 Å². The van der Waals surface area contributed by atoms with Gasteiger partial charge in [-0.05, 0) is 32.8 Å². The van der Waals surface area contributed by atoms with Crippen molar-refractivity contribution in [1.29, 1.82) is 0 Å². The van der Waals surface area contributed by atoms with Crippen molar-refractivity contribution in [2.45, 2.75) is 45.2 Å². The summed E-state index contributed by atoms with van der Waals surface area (Å²) in [5, 5.41) is 9.45. The van der Waals surface area contributed by atoms with Crippen molar-refractivity contribution in [3.05, 3.63) is 23.0 Å². The molecule has 6 heteroatoms. The first-order valence-corrected chi connectivity index (χ1v) is 7.18. The van der Waals surface area contributed by atoms with Crippen molar-refractivity contribution in [3.8, 4) is 0 Å². The van der Waals surface area contributed by atoms with Crippen molar-refractivity contribution in [2.75, 3.05) is 6.54 Å². The summed E-state index contributed by atoms with van der Waals surface area (Å²) in [6.45, 7) is 4.56. The molecule has 0 aliphatic carbocycles. The van der Waals surface area contributed by atoms with E-state index in [4.69, 9.17) is 16.7 Å². The molecule has 1 aromatic heterocycles. The third kappa shape index (κ3) is 2.98. The SMILES string of the molecule is CC(C)n1cc(Cl)cc1C(=O)N1CCCC1CC(=O)O. The van der Waals surface area contributed by atoms with Gasteiger partial charge in [-0.1, -0.05) is 11.6 Å². The first kappa shape index (κ1) is 14.9. The van der Waals surface area contributed by atoms with Gasteiger partial charge >= 0.3 is 5.97 Å². The third-order valence-corrected chi connectivity index (χ3v) is 3.85. The molecule has 5 nitrogen and oxygen atoms in total. The molecule has 20 heavy (non-hydrogen) atoms. The Labute approximate surface area is 123 Å². The quantitative estimate of drug-likeness (QED) is 0.929. The maximum atomic E-state index is 12.6. The Kier molecular flexibility index (Phi) is 4.38. The minimum Gasteiger partial charge on any atom is -0.481 e. The predicted octanol–water partition coefficient (Wildman–Crippen LogP) is 2.80. The van der Waals surface area contributed by atoms with Crippen LogP contribution in [0.1, 0.15) is 49.6 Å². The largest absolute Gasteiger partial charge is 0.481 e. The van der Waals surface area contributed by atoms with Gasteiger partial charge in [-0.15, -0.1) is 0 Å². The molecular formula is C14H19ClN2O3. The molecule has 1 N–H and O–H groups in total. The molecule has 0 spiro atoms. The molecule has 0 aromatic carbocycles. The van der Waals surface area contributed by atoms with Gasteiger partial charge < -0.3 is 14.6 Å². The van der Waals surface area contributed by atoms with Crippen molar-refractivity contribution >= 4 is 23.5 Å². The zero-order chi connectivity index (χ0) is 14.9. The molecule has 2 rings (SSSR count). The van der Waals surface area contributed by atoms with E-state index in [0.29, 0.717) is 17.3 Å². The van der Waals surface area contributed by atoms with Crippen molar-refractivity contribution in [1.82, 2.24) is 9.47 Å². The van der Waals surface area contributed by atoms with Crippen LogP contribution < -0.4 is 0 Å². The smallest absolute Gasteiger partial charge is 0.305 e. The standard InChI is InChI=1S/C14H19ClN2O3/c1-9(2)17-8-10(15)6-12(17)14(20)16-5-3-4-11(16)7-13(18)19/h6,8-9,11H,3-5,7H2,1-2H3,(H,18,19). The maximum Gasteiger partial charge on any atom is 0.305 e. The monoisotopic (exact) mass is 298 g/mol. The van der Waals surface area contributed by atoms with Crippen LogP contribution in [-0.2, 0) is 4.79 Å². The minimum atomic E-state index is -0.869. The lowest BCUT2D eigenvalue weighted by molar-refractivity contribution is -0.137. The molecule has 1 aromatic rings. The number of nitrogens with zero attached hydrogens (tertiary/aromatic N) is 2. The third-order valence-electron chi connectivity index (χ3n) is 3.64. The number of carbonyl (C=O) groups is 2. The molecule has 0 bridgehead atoms. The second-order valence-electron chi connectivity index (χ2n) is 5.44. The van der Waals surface area contributed by atoms with Crippen LogP contribution in [0.25, 0.3) is 0 Å². The fourth-order valence-electron chi connectivity index (χ4n) is 2.71. The minimum absolute atomic E-state index is 0.00184. The van der Waals surface area contributed by atoms with E-state index in [1.165, 1.54) is 0 Å². The highest BCUT2D eigenvalue weighted by Gasteiger charge is 2.32. The van der Waals surface area contributed by atoms with Gasteiger partial charge in [0.05, 0.1) is 11.4 Å². The maximum absolute atomic E-state index is 12.6. The molecule has 1 aliphatic rings. The van der Waals surface area contributed by atoms with Crippen LogP contribution in [0, 0.1) is 0 Å². The normalized spacial score (nSPS) is 18.8. The molecule has 1 unspecified atom stereocenters. The Morgan fingerprint density at radius 3 is 2.80 bits per heavy atom. The first-order chi connectivity index (χ1) is 9.40.